The molecule has 0 aliphatic carbocycles. The van der Waals surface area contributed by atoms with E-state index in [1.807, 2.05) is 42.5 Å². The maximum Gasteiger partial charge on any atom is 0.160 e. The van der Waals surface area contributed by atoms with Crippen LogP contribution in [-0.4, -0.2) is 19.4 Å². The van der Waals surface area contributed by atoms with E-state index in [-0.39, 0.29) is 0 Å². The molecule has 4 nitrogen and oxygen atoms in total. The van der Waals surface area contributed by atoms with Gasteiger partial charge in [-0.1, -0.05) is 140 Å². The predicted molar refractivity (Wildman–Crippen MR) is 210 cm³/mol. The van der Waals surface area contributed by atoms with Crippen LogP contribution < -0.4 is 0 Å². The van der Waals surface area contributed by atoms with Gasteiger partial charge in [-0.25, -0.2) is 15.0 Å². The van der Waals surface area contributed by atoms with Crippen LogP contribution in [0.3, 0.4) is 0 Å². The van der Waals surface area contributed by atoms with Crippen molar-refractivity contribution in [3.8, 4) is 56.2 Å². The molecule has 0 saturated carbocycles. The van der Waals surface area contributed by atoms with Crippen molar-refractivity contribution in [1.82, 2.24) is 19.4 Å². The standard InChI is InChI=1S/C47H30N4/c1-3-11-32(12-4-1)42-30-43(33-13-5-2-6-14-33)50-47(49-42)34-21-19-31(20-22-34)37-25-26-38(40-16-8-7-15-39(37)40)35-23-27-44-36(29-35)24-28-46-48-41-17-9-10-18-45(41)51(44)46/h1-30H. The summed E-state index contributed by atoms with van der Waals surface area (Å²) in [7, 11) is 0. The van der Waals surface area contributed by atoms with Crippen molar-refractivity contribution in [2.45, 2.75) is 0 Å². The number of nitrogens with zero attached hydrogens (tertiary/aromatic N) is 4. The first-order valence-electron chi connectivity index (χ1n) is 17.2. The highest BCUT2D eigenvalue weighted by Gasteiger charge is 2.14. The van der Waals surface area contributed by atoms with Gasteiger partial charge in [-0.3, -0.25) is 4.40 Å². The van der Waals surface area contributed by atoms with Crippen molar-refractivity contribution in [2.75, 3.05) is 0 Å². The van der Waals surface area contributed by atoms with Crippen molar-refractivity contribution >= 4 is 38.4 Å². The number of pyridine rings is 1. The molecule has 10 rings (SSSR count). The number of aromatic nitrogens is 4. The van der Waals surface area contributed by atoms with E-state index in [9.17, 15) is 0 Å². The number of fused-ring (bicyclic) bond motifs is 6. The van der Waals surface area contributed by atoms with Crippen LogP contribution in [0.2, 0.25) is 0 Å². The van der Waals surface area contributed by atoms with Gasteiger partial charge >= 0.3 is 0 Å². The molecule has 0 fully saturated rings. The van der Waals surface area contributed by atoms with Gasteiger partial charge < -0.3 is 0 Å². The van der Waals surface area contributed by atoms with Crippen molar-refractivity contribution in [3.05, 3.63) is 182 Å². The van der Waals surface area contributed by atoms with Crippen LogP contribution in [0.1, 0.15) is 0 Å². The molecular weight excluding hydrogens is 621 g/mol. The Hall–Kier alpha value is -6.91. The van der Waals surface area contributed by atoms with Crippen LogP contribution in [0, 0.1) is 0 Å². The van der Waals surface area contributed by atoms with Crippen LogP contribution >= 0.6 is 0 Å². The van der Waals surface area contributed by atoms with E-state index >= 15 is 0 Å². The molecule has 0 radical (unpaired) electrons. The number of hydrogen-bond donors (Lipinski definition) is 0. The van der Waals surface area contributed by atoms with Crippen LogP contribution in [0.25, 0.3) is 94.5 Å². The Labute approximate surface area is 295 Å². The summed E-state index contributed by atoms with van der Waals surface area (Å²) >= 11 is 0. The lowest BCUT2D eigenvalue weighted by atomic mass is 9.91. The normalized spacial score (nSPS) is 11.5. The number of benzene rings is 7. The molecule has 3 aromatic heterocycles. The third kappa shape index (κ3) is 5.04. The molecule has 0 aliphatic rings. The highest BCUT2D eigenvalue weighted by Crippen LogP contribution is 2.38. The lowest BCUT2D eigenvalue weighted by Crippen LogP contribution is -1.96. The number of para-hydroxylation sites is 2. The van der Waals surface area contributed by atoms with Crippen molar-refractivity contribution in [2.24, 2.45) is 0 Å². The molecular formula is C47H30N4. The summed E-state index contributed by atoms with van der Waals surface area (Å²) in [6.45, 7) is 0. The average Bonchev–Trinajstić information content (AvgIpc) is 3.60. The Balaban J connectivity index is 1.04. The SMILES string of the molecule is c1ccc(-c2cc(-c3ccccc3)nc(-c3ccc(-c4ccc(-c5ccc6c(ccc7nc8ccccc8n76)c5)c5ccccc45)cc3)n2)cc1. The molecule has 0 amide bonds. The van der Waals surface area contributed by atoms with Crippen molar-refractivity contribution in [3.63, 3.8) is 0 Å². The molecule has 0 saturated heterocycles. The first-order chi connectivity index (χ1) is 25.3. The zero-order valence-electron chi connectivity index (χ0n) is 27.6. The molecule has 0 aliphatic heterocycles. The highest BCUT2D eigenvalue weighted by atomic mass is 15.0. The second-order valence-corrected chi connectivity index (χ2v) is 12.9. The van der Waals surface area contributed by atoms with Gasteiger partial charge in [0, 0.05) is 16.7 Å². The van der Waals surface area contributed by atoms with Crippen LogP contribution in [-0.2, 0) is 0 Å². The number of hydrogen-bond acceptors (Lipinski definition) is 3. The molecule has 3 heterocycles. The summed E-state index contributed by atoms with van der Waals surface area (Å²) in [5.41, 5.74) is 13.9. The van der Waals surface area contributed by atoms with Gasteiger partial charge in [0.15, 0.2) is 5.82 Å². The summed E-state index contributed by atoms with van der Waals surface area (Å²) in [6, 6.07) is 63.9. The van der Waals surface area contributed by atoms with E-state index in [0.29, 0.717) is 5.82 Å². The minimum Gasteiger partial charge on any atom is -0.292 e. The molecule has 0 bridgehead atoms. The van der Waals surface area contributed by atoms with Gasteiger partial charge in [-0.15, -0.1) is 0 Å². The fourth-order valence-electron chi connectivity index (χ4n) is 7.32. The summed E-state index contributed by atoms with van der Waals surface area (Å²) in [6.07, 6.45) is 0. The summed E-state index contributed by atoms with van der Waals surface area (Å²) in [5.74, 6) is 0.708. The van der Waals surface area contributed by atoms with E-state index < -0.39 is 0 Å². The lowest BCUT2D eigenvalue weighted by molar-refractivity contribution is 1.18. The van der Waals surface area contributed by atoms with Gasteiger partial charge in [-0.2, -0.15) is 0 Å². The zero-order chi connectivity index (χ0) is 33.7. The average molecular weight is 651 g/mol. The van der Waals surface area contributed by atoms with Crippen LogP contribution in [0.15, 0.2) is 182 Å². The molecule has 7 aromatic carbocycles. The summed E-state index contributed by atoms with van der Waals surface area (Å²) in [5, 5.41) is 3.62. The Kier molecular flexibility index (Phi) is 6.78. The Morgan fingerprint density at radius 1 is 0.353 bits per heavy atom. The van der Waals surface area contributed by atoms with E-state index in [1.54, 1.807) is 0 Å². The van der Waals surface area contributed by atoms with Crippen molar-refractivity contribution < 1.29 is 0 Å². The molecule has 10 aromatic rings. The van der Waals surface area contributed by atoms with Gasteiger partial charge in [-0.05, 0) is 80.9 Å². The van der Waals surface area contributed by atoms with E-state index in [1.165, 1.54) is 32.8 Å². The Morgan fingerprint density at radius 2 is 0.922 bits per heavy atom. The largest absolute Gasteiger partial charge is 0.292 e. The quantitative estimate of drug-likeness (QED) is 0.186. The van der Waals surface area contributed by atoms with Crippen LogP contribution in [0.5, 0.6) is 0 Å². The second-order valence-electron chi connectivity index (χ2n) is 12.9. The number of rotatable bonds is 5. The third-order valence-corrected chi connectivity index (χ3v) is 9.82. The van der Waals surface area contributed by atoms with Crippen molar-refractivity contribution in [1.29, 1.82) is 0 Å². The summed E-state index contributed by atoms with van der Waals surface area (Å²) < 4.78 is 2.25. The second kappa shape index (κ2) is 11.9. The monoisotopic (exact) mass is 650 g/mol. The third-order valence-electron chi connectivity index (χ3n) is 9.82. The van der Waals surface area contributed by atoms with E-state index in [4.69, 9.17) is 15.0 Å². The molecule has 51 heavy (non-hydrogen) atoms. The molecule has 238 valence electrons. The minimum atomic E-state index is 0.708. The minimum absolute atomic E-state index is 0.708. The van der Waals surface area contributed by atoms with Gasteiger partial charge in [0.1, 0.15) is 5.65 Å². The molecule has 0 unspecified atom stereocenters. The maximum absolute atomic E-state index is 5.03. The summed E-state index contributed by atoms with van der Waals surface area (Å²) in [4.78, 5) is 14.9. The fraction of sp³-hybridized carbons (Fsp3) is 0. The first-order valence-corrected chi connectivity index (χ1v) is 17.2. The van der Waals surface area contributed by atoms with Gasteiger partial charge in [0.2, 0.25) is 0 Å². The predicted octanol–water partition coefficient (Wildman–Crippen LogP) is 11.9. The number of imidazole rings is 1. The molecule has 0 spiro atoms. The fourth-order valence-corrected chi connectivity index (χ4v) is 7.32. The van der Waals surface area contributed by atoms with E-state index in [0.717, 1.165) is 55.8 Å². The molecule has 0 atom stereocenters. The van der Waals surface area contributed by atoms with Gasteiger partial charge in [0.25, 0.3) is 0 Å². The van der Waals surface area contributed by atoms with E-state index in [2.05, 4.69) is 144 Å². The van der Waals surface area contributed by atoms with Gasteiger partial charge in [0.05, 0.1) is 27.9 Å². The maximum atomic E-state index is 5.03. The van der Waals surface area contributed by atoms with Crippen LogP contribution in [0.4, 0.5) is 0 Å². The highest BCUT2D eigenvalue weighted by molar-refractivity contribution is 6.06. The Morgan fingerprint density at radius 3 is 1.61 bits per heavy atom. The first kappa shape index (κ1) is 29.0. The molecule has 0 N–H and O–H groups in total. The topological polar surface area (TPSA) is 43.1 Å². The zero-order valence-corrected chi connectivity index (χ0v) is 27.6. The lowest BCUT2D eigenvalue weighted by Gasteiger charge is -2.14. The molecule has 4 heteroatoms. The smallest absolute Gasteiger partial charge is 0.160 e. The Bertz CT molecular complexity index is 2830.